The van der Waals surface area contributed by atoms with Crippen molar-refractivity contribution in [2.24, 2.45) is 0 Å². The summed E-state index contributed by atoms with van der Waals surface area (Å²) in [7, 11) is 1.33. The van der Waals surface area contributed by atoms with Crippen molar-refractivity contribution in [2.45, 2.75) is 13.8 Å². The quantitative estimate of drug-likeness (QED) is 0.473. The van der Waals surface area contributed by atoms with Gasteiger partial charge in [-0.05, 0) is 43.2 Å². The molecule has 1 heterocycles. The number of hydrogen-bond donors (Lipinski definition) is 1. The lowest BCUT2D eigenvalue weighted by molar-refractivity contribution is -0.118. The van der Waals surface area contributed by atoms with Gasteiger partial charge in [-0.15, -0.1) is 11.3 Å². The summed E-state index contributed by atoms with van der Waals surface area (Å²) in [4.78, 5) is 25.8. The molecule has 0 unspecified atom stereocenters. The Hall–Kier alpha value is -2.64. The number of benzene rings is 2. The molecular formula is C22H20BrNO4S. The van der Waals surface area contributed by atoms with E-state index in [1.54, 1.807) is 6.07 Å². The molecule has 3 rings (SSSR count). The second-order valence-corrected chi connectivity index (χ2v) is 8.42. The summed E-state index contributed by atoms with van der Waals surface area (Å²) in [5, 5.41) is 3.25. The second-order valence-electron chi connectivity index (χ2n) is 6.34. The van der Waals surface area contributed by atoms with Gasteiger partial charge in [-0.2, -0.15) is 0 Å². The molecule has 0 aliphatic heterocycles. The molecule has 1 aromatic heterocycles. The highest BCUT2D eigenvalue weighted by molar-refractivity contribution is 9.10. The lowest BCUT2D eigenvalue weighted by Gasteiger charge is -2.10. The first kappa shape index (κ1) is 21.1. The number of carbonyl (C=O) groups excluding carboxylic acids is 2. The number of amides is 1. The second kappa shape index (κ2) is 9.24. The molecule has 0 spiro atoms. The summed E-state index contributed by atoms with van der Waals surface area (Å²) in [5.74, 6) is -0.245. The molecule has 0 saturated carbocycles. The number of ether oxygens (including phenoxy) is 2. The molecule has 5 nitrogen and oxygen atoms in total. The first-order valence-electron chi connectivity index (χ1n) is 8.86. The van der Waals surface area contributed by atoms with Crippen molar-refractivity contribution in [1.29, 1.82) is 0 Å². The number of aryl methyl sites for hydroxylation is 2. The molecule has 0 bridgehead atoms. The van der Waals surface area contributed by atoms with Crippen LogP contribution in [-0.2, 0) is 9.53 Å². The SMILES string of the molecule is COC(=O)c1c(NC(=O)COc2ccc(Br)c(C)c2)sc(C)c1-c1ccccc1. The summed E-state index contributed by atoms with van der Waals surface area (Å²) in [6.07, 6.45) is 0. The standard InChI is InChI=1S/C22H20BrNO4S/c1-13-11-16(9-10-17(13)23)28-12-18(25)24-21-20(22(26)27-3)19(14(2)29-21)15-7-5-4-6-8-15/h4-11H,12H2,1-3H3,(H,24,25). The third-order valence-electron chi connectivity index (χ3n) is 4.29. The number of rotatable bonds is 6. The van der Waals surface area contributed by atoms with E-state index in [-0.39, 0.29) is 12.5 Å². The van der Waals surface area contributed by atoms with Gasteiger partial charge in [0.05, 0.1) is 7.11 Å². The maximum Gasteiger partial charge on any atom is 0.341 e. The number of anilines is 1. The van der Waals surface area contributed by atoms with Gasteiger partial charge in [-0.1, -0.05) is 46.3 Å². The molecule has 0 saturated heterocycles. The Labute approximate surface area is 181 Å². The van der Waals surface area contributed by atoms with Crippen LogP contribution in [0.25, 0.3) is 11.1 Å². The fraction of sp³-hybridized carbons (Fsp3) is 0.182. The average Bonchev–Trinajstić information content (AvgIpc) is 3.04. The van der Waals surface area contributed by atoms with E-state index in [9.17, 15) is 9.59 Å². The topological polar surface area (TPSA) is 64.6 Å². The van der Waals surface area contributed by atoms with Crippen molar-refractivity contribution in [1.82, 2.24) is 0 Å². The molecule has 29 heavy (non-hydrogen) atoms. The van der Waals surface area contributed by atoms with Crippen LogP contribution in [0.2, 0.25) is 0 Å². The highest BCUT2D eigenvalue weighted by Gasteiger charge is 2.25. The van der Waals surface area contributed by atoms with Gasteiger partial charge < -0.3 is 14.8 Å². The van der Waals surface area contributed by atoms with Crippen molar-refractivity contribution in [2.75, 3.05) is 19.0 Å². The van der Waals surface area contributed by atoms with Gasteiger partial charge in [0.25, 0.3) is 5.91 Å². The Balaban J connectivity index is 1.82. The molecule has 0 aliphatic rings. The number of hydrogen-bond acceptors (Lipinski definition) is 5. The van der Waals surface area contributed by atoms with Crippen LogP contribution in [0.15, 0.2) is 53.0 Å². The molecule has 0 aliphatic carbocycles. The zero-order valence-corrected chi connectivity index (χ0v) is 18.6. The Morgan fingerprint density at radius 2 is 1.83 bits per heavy atom. The third-order valence-corrected chi connectivity index (χ3v) is 6.20. The predicted octanol–water partition coefficient (Wildman–Crippen LogP) is 5.60. The predicted molar refractivity (Wildman–Crippen MR) is 119 cm³/mol. The minimum absolute atomic E-state index is 0.167. The van der Waals surface area contributed by atoms with E-state index in [2.05, 4.69) is 21.2 Å². The Bertz CT molecular complexity index is 1050. The number of thiophene rings is 1. The van der Waals surface area contributed by atoms with Crippen molar-refractivity contribution in [3.8, 4) is 16.9 Å². The summed E-state index contributed by atoms with van der Waals surface area (Å²) in [6, 6.07) is 15.1. The molecule has 150 valence electrons. The normalized spacial score (nSPS) is 10.5. The Morgan fingerprint density at radius 3 is 2.48 bits per heavy atom. The molecule has 1 amide bonds. The van der Waals surface area contributed by atoms with Gasteiger partial charge >= 0.3 is 5.97 Å². The minimum atomic E-state index is -0.493. The number of halogens is 1. The van der Waals surface area contributed by atoms with E-state index >= 15 is 0 Å². The van der Waals surface area contributed by atoms with Crippen LogP contribution in [0.4, 0.5) is 5.00 Å². The molecule has 7 heteroatoms. The summed E-state index contributed by atoms with van der Waals surface area (Å²) in [5.41, 5.74) is 3.03. The van der Waals surface area contributed by atoms with Crippen LogP contribution in [0, 0.1) is 13.8 Å². The average molecular weight is 474 g/mol. The van der Waals surface area contributed by atoms with E-state index < -0.39 is 5.97 Å². The Kier molecular flexibility index (Phi) is 6.71. The smallest absolute Gasteiger partial charge is 0.341 e. The van der Waals surface area contributed by atoms with E-state index in [0.717, 1.165) is 26.0 Å². The first-order valence-corrected chi connectivity index (χ1v) is 10.5. The van der Waals surface area contributed by atoms with Gasteiger partial charge in [0, 0.05) is 14.9 Å². The molecule has 0 radical (unpaired) electrons. The number of carbonyl (C=O) groups is 2. The molecular weight excluding hydrogens is 454 g/mol. The van der Waals surface area contributed by atoms with Crippen LogP contribution in [0.1, 0.15) is 20.8 Å². The van der Waals surface area contributed by atoms with Gasteiger partial charge in [-0.25, -0.2) is 4.79 Å². The van der Waals surface area contributed by atoms with E-state index in [1.807, 2.05) is 56.3 Å². The maximum atomic E-state index is 12.5. The highest BCUT2D eigenvalue weighted by Crippen LogP contribution is 2.40. The number of esters is 1. The lowest BCUT2D eigenvalue weighted by atomic mass is 10.0. The van der Waals surface area contributed by atoms with Crippen LogP contribution < -0.4 is 10.1 Å². The zero-order chi connectivity index (χ0) is 21.0. The van der Waals surface area contributed by atoms with Gasteiger partial charge in [0.15, 0.2) is 6.61 Å². The monoisotopic (exact) mass is 473 g/mol. The van der Waals surface area contributed by atoms with E-state index in [4.69, 9.17) is 9.47 Å². The number of methoxy groups -OCH3 is 1. The molecule has 2 aromatic carbocycles. The molecule has 3 aromatic rings. The fourth-order valence-corrected chi connectivity index (χ4v) is 4.23. The van der Waals surface area contributed by atoms with Crippen molar-refractivity contribution in [3.05, 3.63) is 69.0 Å². The van der Waals surface area contributed by atoms with Crippen molar-refractivity contribution in [3.63, 3.8) is 0 Å². The Morgan fingerprint density at radius 1 is 1.10 bits per heavy atom. The third kappa shape index (κ3) is 4.86. The fourth-order valence-electron chi connectivity index (χ4n) is 2.90. The van der Waals surface area contributed by atoms with Crippen LogP contribution in [0.3, 0.4) is 0 Å². The molecule has 0 fully saturated rings. The van der Waals surface area contributed by atoms with Crippen LogP contribution in [-0.4, -0.2) is 25.6 Å². The lowest BCUT2D eigenvalue weighted by Crippen LogP contribution is -2.21. The highest BCUT2D eigenvalue weighted by atomic mass is 79.9. The largest absolute Gasteiger partial charge is 0.484 e. The first-order chi connectivity index (χ1) is 13.9. The number of nitrogens with one attached hydrogen (secondary N) is 1. The molecule has 1 N–H and O–H groups in total. The van der Waals surface area contributed by atoms with Gasteiger partial charge in [0.2, 0.25) is 0 Å². The van der Waals surface area contributed by atoms with Crippen molar-refractivity contribution < 1.29 is 19.1 Å². The molecule has 0 atom stereocenters. The van der Waals surface area contributed by atoms with E-state index in [0.29, 0.717) is 16.3 Å². The van der Waals surface area contributed by atoms with Gasteiger partial charge in [-0.3, -0.25) is 4.79 Å². The summed E-state index contributed by atoms with van der Waals surface area (Å²) >= 11 is 4.77. The van der Waals surface area contributed by atoms with Gasteiger partial charge in [0.1, 0.15) is 16.3 Å². The van der Waals surface area contributed by atoms with Crippen LogP contribution >= 0.6 is 27.3 Å². The maximum absolute atomic E-state index is 12.5. The van der Waals surface area contributed by atoms with Crippen molar-refractivity contribution >= 4 is 44.1 Å². The minimum Gasteiger partial charge on any atom is -0.484 e. The summed E-state index contributed by atoms with van der Waals surface area (Å²) in [6.45, 7) is 3.69. The van der Waals surface area contributed by atoms with E-state index in [1.165, 1.54) is 18.4 Å². The zero-order valence-electron chi connectivity index (χ0n) is 16.2. The van der Waals surface area contributed by atoms with Crippen LogP contribution in [0.5, 0.6) is 5.75 Å². The summed E-state index contributed by atoms with van der Waals surface area (Å²) < 4.78 is 11.5.